The highest BCUT2D eigenvalue weighted by Crippen LogP contribution is 2.36. The maximum absolute atomic E-state index is 13.6. The number of carbonyl (C=O) groups is 2. The molecule has 2 heterocycles. The second-order valence-electron chi connectivity index (χ2n) is 9.27. The molecule has 0 aromatic heterocycles. The van der Waals surface area contributed by atoms with Crippen molar-refractivity contribution < 1.29 is 18.7 Å². The van der Waals surface area contributed by atoms with Gasteiger partial charge in [0, 0.05) is 13.1 Å². The number of rotatable bonds is 7. The van der Waals surface area contributed by atoms with Gasteiger partial charge in [0.25, 0.3) is 11.8 Å². The molecule has 1 saturated heterocycles. The van der Waals surface area contributed by atoms with Crippen LogP contribution in [0, 0.1) is 17.7 Å². The van der Waals surface area contributed by atoms with Crippen molar-refractivity contribution in [3.8, 4) is 5.75 Å². The molecule has 5 nitrogen and oxygen atoms in total. The first-order valence-electron chi connectivity index (χ1n) is 11.7. The van der Waals surface area contributed by atoms with Gasteiger partial charge in [0.2, 0.25) is 0 Å². The van der Waals surface area contributed by atoms with Gasteiger partial charge in [-0.2, -0.15) is 0 Å². The van der Waals surface area contributed by atoms with Gasteiger partial charge in [-0.25, -0.2) is 4.39 Å². The molecule has 0 radical (unpaired) electrons. The summed E-state index contributed by atoms with van der Waals surface area (Å²) in [6.07, 6.45) is 2.01. The zero-order valence-corrected chi connectivity index (χ0v) is 19.5. The Hall–Kier alpha value is -3.15. The summed E-state index contributed by atoms with van der Waals surface area (Å²) in [6.45, 7) is 8.63. The Balaban J connectivity index is 1.70. The van der Waals surface area contributed by atoms with E-state index in [-0.39, 0.29) is 24.2 Å². The number of amides is 2. The van der Waals surface area contributed by atoms with Crippen molar-refractivity contribution in [2.45, 2.75) is 40.2 Å². The fourth-order valence-corrected chi connectivity index (χ4v) is 4.82. The van der Waals surface area contributed by atoms with Gasteiger partial charge < -0.3 is 9.64 Å². The molecule has 0 aliphatic carbocycles. The van der Waals surface area contributed by atoms with Crippen molar-refractivity contribution >= 4 is 17.4 Å². The minimum atomic E-state index is -0.348. The molecule has 0 bridgehead atoms. The number of hydrogen-bond donors (Lipinski definition) is 0. The highest BCUT2D eigenvalue weighted by molar-refractivity contribution is 6.35. The average Bonchev–Trinajstić information content (AvgIpc) is 3.03. The van der Waals surface area contributed by atoms with Gasteiger partial charge in [0.15, 0.2) is 0 Å². The molecule has 174 valence electrons. The van der Waals surface area contributed by atoms with Crippen LogP contribution in [0.25, 0.3) is 5.57 Å². The number of piperidine rings is 1. The van der Waals surface area contributed by atoms with E-state index in [9.17, 15) is 14.0 Å². The molecule has 1 fully saturated rings. The Morgan fingerprint density at radius 2 is 1.58 bits per heavy atom. The third kappa shape index (κ3) is 4.95. The van der Waals surface area contributed by atoms with Crippen molar-refractivity contribution in [2.75, 3.05) is 19.7 Å². The van der Waals surface area contributed by atoms with Crippen LogP contribution in [-0.4, -0.2) is 41.3 Å². The van der Waals surface area contributed by atoms with E-state index in [4.69, 9.17) is 4.74 Å². The highest BCUT2D eigenvalue weighted by atomic mass is 19.1. The minimum absolute atomic E-state index is 0.113. The number of likely N-dealkylation sites (tertiary alicyclic amines) is 1. The summed E-state index contributed by atoms with van der Waals surface area (Å²) in [4.78, 5) is 30.5. The molecule has 0 spiro atoms. The van der Waals surface area contributed by atoms with Gasteiger partial charge in [0.1, 0.15) is 17.3 Å². The third-order valence-corrected chi connectivity index (χ3v) is 6.20. The SMILES string of the molecule is CCCOc1ccc(C2=C(N3CC(C)CC(C)C3)C(=O)N(Cc3ccc(F)cc3)C2=O)cc1. The molecule has 33 heavy (non-hydrogen) atoms. The van der Waals surface area contributed by atoms with Crippen molar-refractivity contribution in [3.05, 3.63) is 71.2 Å². The normalized spacial score (nSPS) is 21.2. The first-order chi connectivity index (χ1) is 15.9. The first kappa shape index (κ1) is 23.0. The number of hydrogen-bond acceptors (Lipinski definition) is 4. The number of imide groups is 1. The molecule has 2 aliphatic heterocycles. The summed E-state index contributed by atoms with van der Waals surface area (Å²) in [5, 5.41) is 0. The lowest BCUT2D eigenvalue weighted by Crippen LogP contribution is -2.41. The lowest BCUT2D eigenvalue weighted by molar-refractivity contribution is -0.138. The largest absolute Gasteiger partial charge is 0.494 e. The van der Waals surface area contributed by atoms with E-state index < -0.39 is 0 Å². The topological polar surface area (TPSA) is 49.9 Å². The number of carbonyl (C=O) groups excluding carboxylic acids is 2. The third-order valence-electron chi connectivity index (χ3n) is 6.20. The summed E-state index contributed by atoms with van der Waals surface area (Å²) in [7, 11) is 0. The second kappa shape index (κ2) is 9.77. The molecular formula is C27H31FN2O3. The highest BCUT2D eigenvalue weighted by Gasteiger charge is 2.42. The summed E-state index contributed by atoms with van der Waals surface area (Å²) in [5.74, 6) is 0.656. The Bertz CT molecular complexity index is 1040. The lowest BCUT2D eigenvalue weighted by atomic mass is 9.91. The van der Waals surface area contributed by atoms with Crippen LogP contribution in [0.4, 0.5) is 4.39 Å². The van der Waals surface area contributed by atoms with Crippen molar-refractivity contribution in [2.24, 2.45) is 11.8 Å². The molecule has 2 aromatic carbocycles. The predicted molar refractivity (Wildman–Crippen MR) is 126 cm³/mol. The van der Waals surface area contributed by atoms with Gasteiger partial charge in [-0.05, 0) is 60.1 Å². The smallest absolute Gasteiger partial charge is 0.278 e. The molecule has 2 amide bonds. The van der Waals surface area contributed by atoms with E-state index in [1.807, 2.05) is 31.2 Å². The Labute approximate surface area is 194 Å². The van der Waals surface area contributed by atoms with E-state index in [0.717, 1.165) is 31.7 Å². The molecular weight excluding hydrogens is 419 g/mol. The molecule has 2 atom stereocenters. The van der Waals surface area contributed by atoms with Crippen LogP contribution < -0.4 is 4.74 Å². The summed E-state index contributed by atoms with van der Waals surface area (Å²) < 4.78 is 19.0. The summed E-state index contributed by atoms with van der Waals surface area (Å²) in [5.41, 5.74) is 2.33. The van der Waals surface area contributed by atoms with Gasteiger partial charge in [-0.3, -0.25) is 14.5 Å². The minimum Gasteiger partial charge on any atom is -0.494 e. The molecule has 4 rings (SSSR count). The Morgan fingerprint density at radius 1 is 0.939 bits per heavy atom. The number of nitrogens with zero attached hydrogens (tertiary/aromatic N) is 2. The molecule has 0 N–H and O–H groups in total. The predicted octanol–water partition coefficient (Wildman–Crippen LogP) is 4.87. The zero-order chi connectivity index (χ0) is 23.5. The van der Waals surface area contributed by atoms with Crippen LogP contribution in [0.2, 0.25) is 0 Å². The Morgan fingerprint density at radius 3 is 2.18 bits per heavy atom. The monoisotopic (exact) mass is 450 g/mol. The standard InChI is InChI=1S/C27H31FN2O3/c1-4-13-33-23-11-7-21(8-12-23)24-25(29-15-18(2)14-19(3)16-29)27(32)30(26(24)31)17-20-5-9-22(28)10-6-20/h5-12,18-19H,4,13-17H2,1-3H3. The van der Waals surface area contributed by atoms with E-state index in [0.29, 0.717) is 40.8 Å². The van der Waals surface area contributed by atoms with Crippen LogP contribution in [0.5, 0.6) is 5.75 Å². The van der Waals surface area contributed by atoms with E-state index >= 15 is 0 Å². The molecule has 2 aliphatic rings. The van der Waals surface area contributed by atoms with Crippen LogP contribution in [0.1, 0.15) is 44.7 Å². The van der Waals surface area contributed by atoms with Gasteiger partial charge in [-0.15, -0.1) is 0 Å². The first-order valence-corrected chi connectivity index (χ1v) is 11.7. The van der Waals surface area contributed by atoms with E-state index in [1.54, 1.807) is 12.1 Å². The molecule has 0 saturated carbocycles. The van der Waals surface area contributed by atoms with Gasteiger partial charge >= 0.3 is 0 Å². The maximum Gasteiger partial charge on any atom is 0.278 e. The number of benzene rings is 2. The molecule has 6 heteroatoms. The van der Waals surface area contributed by atoms with Crippen molar-refractivity contribution in [1.29, 1.82) is 0 Å². The Kier molecular flexibility index (Phi) is 6.82. The average molecular weight is 451 g/mol. The fraction of sp³-hybridized carbons (Fsp3) is 0.407. The second-order valence-corrected chi connectivity index (χ2v) is 9.27. The van der Waals surface area contributed by atoms with Crippen LogP contribution in [0.3, 0.4) is 0 Å². The van der Waals surface area contributed by atoms with Crippen LogP contribution in [0.15, 0.2) is 54.2 Å². The molecule has 2 aromatic rings. The van der Waals surface area contributed by atoms with E-state index in [1.165, 1.54) is 17.0 Å². The lowest BCUT2D eigenvalue weighted by Gasteiger charge is -2.37. The van der Waals surface area contributed by atoms with Crippen LogP contribution in [-0.2, 0) is 16.1 Å². The zero-order valence-electron chi connectivity index (χ0n) is 19.5. The van der Waals surface area contributed by atoms with Crippen molar-refractivity contribution in [1.82, 2.24) is 9.80 Å². The quantitative estimate of drug-likeness (QED) is 0.565. The van der Waals surface area contributed by atoms with Crippen molar-refractivity contribution in [3.63, 3.8) is 0 Å². The summed E-state index contributed by atoms with van der Waals surface area (Å²) >= 11 is 0. The van der Waals surface area contributed by atoms with Gasteiger partial charge in [0.05, 0.1) is 18.7 Å². The maximum atomic E-state index is 13.6. The number of halogens is 1. The van der Waals surface area contributed by atoms with Gasteiger partial charge in [-0.1, -0.05) is 45.0 Å². The number of ether oxygens (including phenoxy) is 1. The summed E-state index contributed by atoms with van der Waals surface area (Å²) in [6, 6.07) is 13.3. The fourth-order valence-electron chi connectivity index (χ4n) is 4.82. The molecule has 2 unspecified atom stereocenters. The van der Waals surface area contributed by atoms with Crippen LogP contribution >= 0.6 is 0 Å². The van der Waals surface area contributed by atoms with E-state index in [2.05, 4.69) is 18.7 Å².